The number of halogens is 1. The molecule has 0 amide bonds. The van der Waals surface area contributed by atoms with Crippen molar-refractivity contribution in [2.24, 2.45) is 5.73 Å². The van der Waals surface area contributed by atoms with E-state index in [9.17, 15) is 0 Å². The van der Waals surface area contributed by atoms with Gasteiger partial charge in [0, 0.05) is 29.0 Å². The van der Waals surface area contributed by atoms with Gasteiger partial charge in [0.15, 0.2) is 0 Å². The van der Waals surface area contributed by atoms with Crippen LogP contribution in [0.25, 0.3) is 0 Å². The van der Waals surface area contributed by atoms with Gasteiger partial charge in [0.25, 0.3) is 0 Å². The number of aromatic nitrogens is 1. The summed E-state index contributed by atoms with van der Waals surface area (Å²) in [7, 11) is 1.94. The second kappa shape index (κ2) is 5.92. The van der Waals surface area contributed by atoms with Gasteiger partial charge in [-0.1, -0.05) is 17.7 Å². The lowest BCUT2D eigenvalue weighted by Crippen LogP contribution is -2.22. The first-order valence-corrected chi connectivity index (χ1v) is 6.63. The summed E-state index contributed by atoms with van der Waals surface area (Å²) in [5.74, 6) is 0.00607. The standard InChI is InChI=1S/C15H17ClN4/c1-10-4-3-5-12(19-10)9-20(2)14-7-6-11(16)8-13(14)15(17)18/h3-8H,9H2,1-2H3,(H3,17,18). The van der Waals surface area contributed by atoms with Crippen molar-refractivity contribution < 1.29 is 0 Å². The van der Waals surface area contributed by atoms with E-state index in [2.05, 4.69) is 4.98 Å². The van der Waals surface area contributed by atoms with Gasteiger partial charge in [-0.25, -0.2) is 0 Å². The molecule has 0 aliphatic heterocycles. The van der Waals surface area contributed by atoms with Crippen LogP contribution in [0.2, 0.25) is 5.02 Å². The summed E-state index contributed by atoms with van der Waals surface area (Å²) in [6, 6.07) is 11.3. The molecule has 0 spiro atoms. The number of amidine groups is 1. The lowest BCUT2D eigenvalue weighted by atomic mass is 10.1. The SMILES string of the molecule is Cc1cccc(CN(C)c2ccc(Cl)cc2C(=N)N)n1. The van der Waals surface area contributed by atoms with Gasteiger partial charge in [-0.05, 0) is 37.3 Å². The predicted molar refractivity (Wildman–Crippen MR) is 83.5 cm³/mol. The maximum atomic E-state index is 7.66. The zero-order valence-corrected chi connectivity index (χ0v) is 12.3. The van der Waals surface area contributed by atoms with Gasteiger partial charge in [0.2, 0.25) is 0 Å². The average Bonchev–Trinajstić information content (AvgIpc) is 2.38. The van der Waals surface area contributed by atoms with Gasteiger partial charge >= 0.3 is 0 Å². The number of nitrogen functional groups attached to an aromatic ring is 1. The third-order valence-corrected chi connectivity index (χ3v) is 3.24. The zero-order valence-electron chi connectivity index (χ0n) is 11.5. The number of aryl methyl sites for hydroxylation is 1. The number of pyridine rings is 1. The minimum atomic E-state index is 0.00607. The van der Waals surface area contributed by atoms with Gasteiger partial charge in [0.05, 0.1) is 12.2 Å². The Morgan fingerprint density at radius 2 is 2.10 bits per heavy atom. The summed E-state index contributed by atoms with van der Waals surface area (Å²) >= 11 is 5.96. The molecule has 4 nitrogen and oxygen atoms in total. The van der Waals surface area contributed by atoms with Crippen molar-refractivity contribution in [3.63, 3.8) is 0 Å². The van der Waals surface area contributed by atoms with Crippen LogP contribution in [0.3, 0.4) is 0 Å². The van der Waals surface area contributed by atoms with E-state index in [1.54, 1.807) is 12.1 Å². The van der Waals surface area contributed by atoms with Gasteiger partial charge in [-0.2, -0.15) is 0 Å². The van der Waals surface area contributed by atoms with Crippen LogP contribution in [0.5, 0.6) is 0 Å². The number of nitrogens with two attached hydrogens (primary N) is 1. The highest BCUT2D eigenvalue weighted by atomic mass is 35.5. The lowest BCUT2D eigenvalue weighted by Gasteiger charge is -2.22. The minimum Gasteiger partial charge on any atom is -0.384 e. The third kappa shape index (κ3) is 3.27. The Morgan fingerprint density at radius 3 is 2.75 bits per heavy atom. The summed E-state index contributed by atoms with van der Waals surface area (Å²) in [6.45, 7) is 2.61. The molecule has 1 aromatic carbocycles. The van der Waals surface area contributed by atoms with E-state index in [-0.39, 0.29) is 5.84 Å². The smallest absolute Gasteiger partial charge is 0.124 e. The first-order chi connectivity index (χ1) is 9.47. The summed E-state index contributed by atoms with van der Waals surface area (Å²) in [6.07, 6.45) is 0. The highest BCUT2D eigenvalue weighted by Crippen LogP contribution is 2.24. The van der Waals surface area contributed by atoms with Crippen molar-refractivity contribution >= 4 is 23.1 Å². The molecule has 20 heavy (non-hydrogen) atoms. The normalized spacial score (nSPS) is 10.3. The fourth-order valence-corrected chi connectivity index (χ4v) is 2.24. The van der Waals surface area contributed by atoms with Crippen molar-refractivity contribution in [1.29, 1.82) is 5.41 Å². The number of benzene rings is 1. The molecule has 0 unspecified atom stereocenters. The fourth-order valence-electron chi connectivity index (χ4n) is 2.07. The van der Waals surface area contributed by atoms with Gasteiger partial charge in [0.1, 0.15) is 5.84 Å². The van der Waals surface area contributed by atoms with E-state index in [1.807, 2.05) is 43.1 Å². The predicted octanol–water partition coefficient (Wildman–Crippen LogP) is 2.96. The Morgan fingerprint density at radius 1 is 1.35 bits per heavy atom. The van der Waals surface area contributed by atoms with E-state index in [1.165, 1.54) is 0 Å². The Bertz CT molecular complexity index is 640. The average molecular weight is 289 g/mol. The molecule has 0 bridgehead atoms. The van der Waals surface area contributed by atoms with Crippen molar-refractivity contribution in [2.45, 2.75) is 13.5 Å². The van der Waals surface area contributed by atoms with E-state index in [0.29, 0.717) is 17.1 Å². The van der Waals surface area contributed by atoms with Crippen molar-refractivity contribution in [2.75, 3.05) is 11.9 Å². The van der Waals surface area contributed by atoms with Gasteiger partial charge in [-0.15, -0.1) is 0 Å². The summed E-state index contributed by atoms with van der Waals surface area (Å²) in [4.78, 5) is 6.49. The molecule has 0 fully saturated rings. The van der Waals surface area contributed by atoms with E-state index >= 15 is 0 Å². The monoisotopic (exact) mass is 288 g/mol. The third-order valence-electron chi connectivity index (χ3n) is 3.01. The van der Waals surface area contributed by atoms with Crippen LogP contribution in [-0.2, 0) is 6.54 Å². The zero-order chi connectivity index (χ0) is 14.7. The first-order valence-electron chi connectivity index (χ1n) is 6.25. The Kier molecular flexibility index (Phi) is 4.25. The van der Waals surface area contributed by atoms with Crippen LogP contribution < -0.4 is 10.6 Å². The molecule has 3 N–H and O–H groups in total. The van der Waals surface area contributed by atoms with Crippen LogP contribution in [0.4, 0.5) is 5.69 Å². The lowest BCUT2D eigenvalue weighted by molar-refractivity contribution is 0.875. The molecule has 0 aliphatic carbocycles. The van der Waals surface area contributed by atoms with Crippen LogP contribution in [0, 0.1) is 12.3 Å². The Balaban J connectivity index is 2.29. The maximum Gasteiger partial charge on any atom is 0.124 e. The van der Waals surface area contributed by atoms with Crippen LogP contribution in [0.1, 0.15) is 17.0 Å². The fraction of sp³-hybridized carbons (Fsp3) is 0.200. The second-order valence-electron chi connectivity index (χ2n) is 4.70. The number of nitrogens with one attached hydrogen (secondary N) is 1. The summed E-state index contributed by atoms with van der Waals surface area (Å²) in [5.41, 5.74) is 9.07. The highest BCUT2D eigenvalue weighted by Gasteiger charge is 2.11. The quantitative estimate of drug-likeness (QED) is 0.671. The molecule has 0 radical (unpaired) electrons. The summed E-state index contributed by atoms with van der Waals surface area (Å²) in [5, 5.41) is 8.23. The van der Waals surface area contributed by atoms with E-state index in [0.717, 1.165) is 17.1 Å². The van der Waals surface area contributed by atoms with Crippen LogP contribution in [0.15, 0.2) is 36.4 Å². The van der Waals surface area contributed by atoms with Crippen molar-refractivity contribution in [3.8, 4) is 0 Å². The number of rotatable bonds is 4. The molecule has 0 saturated heterocycles. The molecule has 0 atom stereocenters. The minimum absolute atomic E-state index is 0.00607. The number of hydrogen-bond donors (Lipinski definition) is 2. The molecule has 5 heteroatoms. The molecule has 104 valence electrons. The second-order valence-corrected chi connectivity index (χ2v) is 5.14. The van der Waals surface area contributed by atoms with Crippen molar-refractivity contribution in [1.82, 2.24) is 4.98 Å². The molecule has 0 saturated carbocycles. The largest absolute Gasteiger partial charge is 0.384 e. The molecule has 2 rings (SSSR count). The molecule has 1 heterocycles. The molecule has 1 aromatic heterocycles. The van der Waals surface area contributed by atoms with Crippen molar-refractivity contribution in [3.05, 3.63) is 58.4 Å². The molecule has 2 aromatic rings. The van der Waals surface area contributed by atoms with Crippen LogP contribution in [-0.4, -0.2) is 17.9 Å². The van der Waals surface area contributed by atoms with Gasteiger partial charge < -0.3 is 10.6 Å². The van der Waals surface area contributed by atoms with E-state index in [4.69, 9.17) is 22.7 Å². The first kappa shape index (κ1) is 14.3. The molecule has 0 aliphatic rings. The maximum absolute atomic E-state index is 7.66. The van der Waals surface area contributed by atoms with Crippen LogP contribution >= 0.6 is 11.6 Å². The number of hydrogen-bond acceptors (Lipinski definition) is 3. The van der Waals surface area contributed by atoms with E-state index < -0.39 is 0 Å². The summed E-state index contributed by atoms with van der Waals surface area (Å²) < 4.78 is 0. The van der Waals surface area contributed by atoms with Gasteiger partial charge in [-0.3, -0.25) is 10.4 Å². The number of anilines is 1. The molecular weight excluding hydrogens is 272 g/mol. The topological polar surface area (TPSA) is 66.0 Å². The number of nitrogens with zero attached hydrogens (tertiary/aromatic N) is 2. The Hall–Kier alpha value is -2.07. The highest BCUT2D eigenvalue weighted by molar-refractivity contribution is 6.31. The molecular formula is C15H17ClN4. The Labute approximate surface area is 123 Å².